The largest absolute Gasteiger partial charge is 0.435 e. The molecule has 0 spiro atoms. The summed E-state index contributed by atoms with van der Waals surface area (Å²) in [5.41, 5.74) is 0.126. The number of aromatic nitrogens is 4. The molecule has 0 aromatic carbocycles. The lowest BCUT2D eigenvalue weighted by Crippen LogP contribution is -2.33. The topological polar surface area (TPSA) is 56.0 Å². The number of carbonyl (C=O) groups is 1. The number of hydrogen-bond acceptors (Lipinski definition) is 3. The second-order valence-electron chi connectivity index (χ2n) is 5.51. The van der Waals surface area contributed by atoms with Gasteiger partial charge in [0.25, 0.3) is 0 Å². The van der Waals surface area contributed by atoms with Crippen molar-refractivity contribution in [1.29, 1.82) is 0 Å². The highest BCUT2D eigenvalue weighted by Gasteiger charge is 2.35. The van der Waals surface area contributed by atoms with Crippen molar-refractivity contribution in [3.8, 4) is 0 Å². The molecule has 0 fully saturated rings. The minimum absolute atomic E-state index is 0.285. The van der Waals surface area contributed by atoms with Crippen LogP contribution >= 0.6 is 0 Å². The fourth-order valence-electron chi connectivity index (χ4n) is 2.35. The standard InChI is InChI=1S/C14H18F3N5O/c1-9-5-12(14(15,16)17)19-22(9)10(2)13(23)20(3)7-11-6-18-21(4)8-11/h5-6,8,10H,7H2,1-4H3/t10-/m0/s1. The Balaban J connectivity index is 2.14. The summed E-state index contributed by atoms with van der Waals surface area (Å²) in [4.78, 5) is 13.9. The molecule has 0 unspecified atom stereocenters. The molecule has 1 atom stereocenters. The van der Waals surface area contributed by atoms with Gasteiger partial charge in [-0.2, -0.15) is 23.4 Å². The van der Waals surface area contributed by atoms with Gasteiger partial charge in [-0.1, -0.05) is 0 Å². The summed E-state index contributed by atoms with van der Waals surface area (Å²) in [6.45, 7) is 3.35. The van der Waals surface area contributed by atoms with Gasteiger partial charge in [-0.3, -0.25) is 14.2 Å². The summed E-state index contributed by atoms with van der Waals surface area (Å²) < 4.78 is 40.9. The third kappa shape index (κ3) is 3.72. The molecule has 9 heteroatoms. The number of rotatable bonds is 4. The van der Waals surface area contributed by atoms with E-state index in [0.717, 1.165) is 16.3 Å². The summed E-state index contributed by atoms with van der Waals surface area (Å²) in [6, 6.07) is 0.109. The van der Waals surface area contributed by atoms with E-state index in [1.807, 2.05) is 0 Å². The van der Waals surface area contributed by atoms with Crippen molar-refractivity contribution in [1.82, 2.24) is 24.5 Å². The number of nitrogens with zero attached hydrogens (tertiary/aromatic N) is 5. The highest BCUT2D eigenvalue weighted by molar-refractivity contribution is 5.79. The average Bonchev–Trinajstić information content (AvgIpc) is 3.02. The summed E-state index contributed by atoms with van der Waals surface area (Å²) in [7, 11) is 3.36. The van der Waals surface area contributed by atoms with E-state index < -0.39 is 17.9 Å². The lowest BCUT2D eigenvalue weighted by molar-refractivity contribution is -0.142. The van der Waals surface area contributed by atoms with Crippen LogP contribution in [-0.4, -0.2) is 37.4 Å². The first-order valence-corrected chi connectivity index (χ1v) is 6.95. The number of carbonyl (C=O) groups excluding carboxylic acids is 1. The Morgan fingerprint density at radius 2 is 2.09 bits per heavy atom. The van der Waals surface area contributed by atoms with Crippen molar-refractivity contribution in [2.24, 2.45) is 7.05 Å². The normalized spacial score (nSPS) is 13.2. The molecule has 0 bridgehead atoms. The molecule has 0 saturated heterocycles. The molecule has 0 radical (unpaired) electrons. The number of hydrogen-bond donors (Lipinski definition) is 0. The molecule has 0 aliphatic carbocycles. The third-order valence-electron chi connectivity index (χ3n) is 3.49. The Kier molecular flexibility index (Phi) is 4.49. The van der Waals surface area contributed by atoms with E-state index in [2.05, 4.69) is 10.2 Å². The van der Waals surface area contributed by atoms with Crippen molar-refractivity contribution in [3.05, 3.63) is 35.4 Å². The predicted molar refractivity (Wildman–Crippen MR) is 76.4 cm³/mol. The van der Waals surface area contributed by atoms with E-state index in [-0.39, 0.29) is 11.6 Å². The highest BCUT2D eigenvalue weighted by atomic mass is 19.4. The second-order valence-corrected chi connectivity index (χ2v) is 5.51. The zero-order chi connectivity index (χ0) is 17.4. The van der Waals surface area contributed by atoms with Gasteiger partial charge in [0.05, 0.1) is 6.20 Å². The van der Waals surface area contributed by atoms with Gasteiger partial charge in [-0.05, 0) is 19.9 Å². The van der Waals surface area contributed by atoms with Gasteiger partial charge >= 0.3 is 6.18 Å². The number of halogens is 3. The Labute approximate surface area is 131 Å². The summed E-state index contributed by atoms with van der Waals surface area (Å²) >= 11 is 0. The molecule has 2 aromatic rings. The molecular weight excluding hydrogens is 311 g/mol. The molecule has 2 rings (SSSR count). The molecule has 2 heterocycles. The van der Waals surface area contributed by atoms with E-state index >= 15 is 0 Å². The lowest BCUT2D eigenvalue weighted by Gasteiger charge is -2.22. The van der Waals surface area contributed by atoms with Crippen LogP contribution in [0.2, 0.25) is 0 Å². The van der Waals surface area contributed by atoms with Crippen molar-refractivity contribution in [3.63, 3.8) is 0 Å². The van der Waals surface area contributed by atoms with Gasteiger partial charge in [0.1, 0.15) is 6.04 Å². The van der Waals surface area contributed by atoms with Gasteiger partial charge in [-0.25, -0.2) is 0 Å². The molecule has 126 valence electrons. The van der Waals surface area contributed by atoms with E-state index in [4.69, 9.17) is 0 Å². The maximum Gasteiger partial charge on any atom is 0.435 e. The number of aryl methyl sites for hydroxylation is 2. The molecule has 0 aliphatic heterocycles. The predicted octanol–water partition coefficient (Wildman–Crippen LogP) is 2.16. The fraction of sp³-hybridized carbons (Fsp3) is 0.500. The SMILES string of the molecule is Cc1cc(C(F)(F)F)nn1[C@@H](C)C(=O)N(C)Cc1cnn(C)c1. The van der Waals surface area contributed by atoms with Crippen molar-refractivity contribution in [2.75, 3.05) is 7.05 Å². The van der Waals surface area contributed by atoms with Gasteiger partial charge in [0, 0.05) is 38.1 Å². The first-order chi connectivity index (χ1) is 10.6. The molecule has 1 amide bonds. The van der Waals surface area contributed by atoms with Crippen LogP contribution in [0.1, 0.15) is 29.9 Å². The number of amides is 1. The van der Waals surface area contributed by atoms with E-state index in [1.165, 1.54) is 18.7 Å². The van der Waals surface area contributed by atoms with E-state index in [1.54, 1.807) is 31.2 Å². The van der Waals surface area contributed by atoms with Crippen molar-refractivity contribution >= 4 is 5.91 Å². The molecule has 0 aliphatic rings. The zero-order valence-electron chi connectivity index (χ0n) is 13.3. The molecule has 6 nitrogen and oxygen atoms in total. The number of likely N-dealkylation sites (N-methyl/N-ethyl adjacent to an activating group) is 1. The van der Waals surface area contributed by atoms with Gasteiger partial charge in [0.2, 0.25) is 5.91 Å². The third-order valence-corrected chi connectivity index (χ3v) is 3.49. The molecule has 0 N–H and O–H groups in total. The van der Waals surface area contributed by atoms with Gasteiger partial charge in [-0.15, -0.1) is 0 Å². The Morgan fingerprint density at radius 1 is 1.43 bits per heavy atom. The van der Waals surface area contributed by atoms with Crippen LogP contribution in [0.25, 0.3) is 0 Å². The number of alkyl halides is 3. The minimum atomic E-state index is -4.53. The van der Waals surface area contributed by atoms with Crippen LogP contribution in [0.3, 0.4) is 0 Å². The van der Waals surface area contributed by atoms with E-state index in [0.29, 0.717) is 6.54 Å². The van der Waals surface area contributed by atoms with Crippen LogP contribution < -0.4 is 0 Å². The minimum Gasteiger partial charge on any atom is -0.339 e. The van der Waals surface area contributed by atoms with Crippen molar-refractivity contribution < 1.29 is 18.0 Å². The Hall–Kier alpha value is -2.32. The molecular formula is C14H18F3N5O. The lowest BCUT2D eigenvalue weighted by atomic mass is 10.2. The maximum atomic E-state index is 12.7. The molecule has 0 saturated carbocycles. The quantitative estimate of drug-likeness (QED) is 0.864. The average molecular weight is 329 g/mol. The molecule has 2 aromatic heterocycles. The van der Waals surface area contributed by atoms with Crippen LogP contribution in [-0.2, 0) is 24.6 Å². The Morgan fingerprint density at radius 3 is 2.57 bits per heavy atom. The van der Waals surface area contributed by atoms with Crippen LogP contribution in [0.5, 0.6) is 0 Å². The highest BCUT2D eigenvalue weighted by Crippen LogP contribution is 2.29. The van der Waals surface area contributed by atoms with Gasteiger partial charge < -0.3 is 4.90 Å². The second kappa shape index (κ2) is 6.05. The summed E-state index contributed by atoms with van der Waals surface area (Å²) in [5.74, 6) is -0.325. The van der Waals surface area contributed by atoms with E-state index in [9.17, 15) is 18.0 Å². The van der Waals surface area contributed by atoms with Crippen LogP contribution in [0.15, 0.2) is 18.5 Å². The smallest absolute Gasteiger partial charge is 0.339 e. The summed E-state index contributed by atoms with van der Waals surface area (Å²) in [5, 5.41) is 7.54. The van der Waals surface area contributed by atoms with Crippen molar-refractivity contribution in [2.45, 2.75) is 32.6 Å². The van der Waals surface area contributed by atoms with Crippen LogP contribution in [0.4, 0.5) is 13.2 Å². The first kappa shape index (κ1) is 17.0. The monoisotopic (exact) mass is 329 g/mol. The summed E-state index contributed by atoms with van der Waals surface area (Å²) in [6.07, 6.45) is -1.12. The fourth-order valence-corrected chi connectivity index (χ4v) is 2.35. The molecule has 23 heavy (non-hydrogen) atoms. The Bertz CT molecular complexity index is 704. The van der Waals surface area contributed by atoms with Crippen LogP contribution in [0, 0.1) is 6.92 Å². The first-order valence-electron chi connectivity index (χ1n) is 6.95. The van der Waals surface area contributed by atoms with Gasteiger partial charge in [0.15, 0.2) is 5.69 Å². The maximum absolute atomic E-state index is 12.7. The zero-order valence-corrected chi connectivity index (χ0v) is 13.3.